The van der Waals surface area contributed by atoms with E-state index in [1.54, 1.807) is 11.8 Å². The molecule has 1 spiro atoms. The van der Waals surface area contributed by atoms with Crippen LogP contribution in [-0.4, -0.2) is 14.5 Å². The molecule has 0 N–H and O–H groups in total. The third-order valence-electron chi connectivity index (χ3n) is 8.81. The van der Waals surface area contributed by atoms with Gasteiger partial charge in [0.25, 0.3) is 0 Å². The van der Waals surface area contributed by atoms with Gasteiger partial charge in [-0.25, -0.2) is 0 Å². The number of nitriles is 2. The van der Waals surface area contributed by atoms with Crippen molar-refractivity contribution in [3.05, 3.63) is 149 Å². The summed E-state index contributed by atoms with van der Waals surface area (Å²) in [4.78, 5) is 12.1. The molecule has 198 valence electrons. The van der Waals surface area contributed by atoms with Gasteiger partial charge in [-0.3, -0.25) is 9.97 Å². The van der Waals surface area contributed by atoms with Gasteiger partial charge in [0.1, 0.15) is 0 Å². The first-order valence-corrected chi connectivity index (χ1v) is 14.8. The van der Waals surface area contributed by atoms with Crippen molar-refractivity contribution in [2.75, 3.05) is 0 Å². The number of nitrogens with zero attached hydrogens (tertiary/aromatic N) is 5. The molecule has 9 rings (SSSR count). The van der Waals surface area contributed by atoms with Crippen molar-refractivity contribution in [2.24, 2.45) is 0 Å². The molecule has 3 aromatic heterocycles. The highest BCUT2D eigenvalue weighted by atomic mass is 32.2. The van der Waals surface area contributed by atoms with Crippen LogP contribution in [0.25, 0.3) is 38.9 Å². The van der Waals surface area contributed by atoms with E-state index in [4.69, 9.17) is 9.97 Å². The standard InChI is InChI=1S/C37H19N5S/c38-20-22-12-14-30-24(18-22)25-19-23(21-39)13-15-31(25)42(30)32-10-3-7-29-36(32)43-33-11-2-1-6-26(33)37(29)27-8-4-16-40-34(27)35-28(37)9-5-17-41-35/h1-19H. The summed E-state index contributed by atoms with van der Waals surface area (Å²) in [6.45, 7) is 0. The van der Waals surface area contributed by atoms with Gasteiger partial charge >= 0.3 is 0 Å². The highest BCUT2D eigenvalue weighted by Crippen LogP contribution is 2.62. The Morgan fingerprint density at radius 3 is 1.81 bits per heavy atom. The maximum Gasteiger partial charge on any atom is 0.0991 e. The Bertz CT molecular complexity index is 2310. The highest BCUT2D eigenvalue weighted by molar-refractivity contribution is 7.99. The van der Waals surface area contributed by atoms with Gasteiger partial charge in [0, 0.05) is 33.0 Å². The van der Waals surface area contributed by atoms with Gasteiger partial charge in [-0.05, 0) is 82.9 Å². The molecule has 0 fully saturated rings. The molecule has 1 aliphatic carbocycles. The molecule has 0 unspecified atom stereocenters. The van der Waals surface area contributed by atoms with Crippen molar-refractivity contribution in [3.8, 4) is 29.2 Å². The van der Waals surface area contributed by atoms with E-state index in [9.17, 15) is 10.5 Å². The average molecular weight is 566 g/mol. The van der Waals surface area contributed by atoms with Gasteiger partial charge in [0.05, 0.1) is 56.8 Å². The minimum absolute atomic E-state index is 0.582. The fraction of sp³-hybridized carbons (Fsp3) is 0.0270. The Balaban J connectivity index is 1.44. The zero-order valence-corrected chi connectivity index (χ0v) is 23.4. The van der Waals surface area contributed by atoms with Crippen molar-refractivity contribution in [1.82, 2.24) is 14.5 Å². The summed E-state index contributed by atoms with van der Waals surface area (Å²) in [5.41, 5.74) is 10.1. The summed E-state index contributed by atoms with van der Waals surface area (Å²) in [6, 6.07) is 39.8. The molecule has 43 heavy (non-hydrogen) atoms. The van der Waals surface area contributed by atoms with E-state index in [0.717, 1.165) is 54.9 Å². The van der Waals surface area contributed by atoms with Crippen LogP contribution in [0, 0.1) is 22.7 Å². The fourth-order valence-corrected chi connectivity index (χ4v) is 8.46. The number of benzene rings is 4. The molecule has 0 radical (unpaired) electrons. The monoisotopic (exact) mass is 565 g/mol. The fourth-order valence-electron chi connectivity index (χ4n) is 7.16. The normalized spacial score (nSPS) is 13.6. The second-order valence-electron chi connectivity index (χ2n) is 10.8. The highest BCUT2D eigenvalue weighted by Gasteiger charge is 2.51. The SMILES string of the molecule is N#Cc1ccc2c(c1)c1cc(C#N)ccc1n2-c1cccc2c1Sc1ccccc1C21c2cccnc2-c2ncccc21. The van der Waals surface area contributed by atoms with Gasteiger partial charge in [0.15, 0.2) is 0 Å². The molecule has 0 bridgehead atoms. The van der Waals surface area contributed by atoms with E-state index < -0.39 is 5.41 Å². The third kappa shape index (κ3) is 3.00. The van der Waals surface area contributed by atoms with Crippen LogP contribution < -0.4 is 0 Å². The maximum atomic E-state index is 9.70. The van der Waals surface area contributed by atoms with Crippen LogP contribution in [0.4, 0.5) is 0 Å². The molecular weight excluding hydrogens is 547 g/mol. The lowest BCUT2D eigenvalue weighted by Crippen LogP contribution is -2.32. The summed E-state index contributed by atoms with van der Waals surface area (Å²) in [6.07, 6.45) is 3.69. The van der Waals surface area contributed by atoms with Crippen LogP contribution in [0.2, 0.25) is 0 Å². The van der Waals surface area contributed by atoms with Crippen molar-refractivity contribution in [3.63, 3.8) is 0 Å². The molecule has 0 saturated carbocycles. The summed E-state index contributed by atoms with van der Waals surface area (Å²) in [5.74, 6) is 0. The van der Waals surface area contributed by atoms with E-state index in [1.165, 1.54) is 16.0 Å². The molecule has 4 heterocycles. The van der Waals surface area contributed by atoms with E-state index >= 15 is 0 Å². The largest absolute Gasteiger partial charge is 0.308 e. The molecule has 0 saturated heterocycles. The second kappa shape index (κ2) is 8.66. The number of rotatable bonds is 1. The number of aromatic nitrogens is 3. The lowest BCUT2D eigenvalue weighted by Gasteiger charge is -2.40. The van der Waals surface area contributed by atoms with Crippen LogP contribution in [0.5, 0.6) is 0 Å². The summed E-state index contributed by atoms with van der Waals surface area (Å²) in [5, 5.41) is 21.3. The van der Waals surface area contributed by atoms with E-state index in [2.05, 4.69) is 71.3 Å². The van der Waals surface area contributed by atoms with Crippen LogP contribution >= 0.6 is 11.8 Å². The lowest BCUT2D eigenvalue weighted by atomic mass is 9.67. The lowest BCUT2D eigenvalue weighted by molar-refractivity contribution is 0.717. The van der Waals surface area contributed by atoms with E-state index in [0.29, 0.717) is 11.1 Å². The Hall–Kier alpha value is -5.69. The Kier molecular flexibility index (Phi) is 4.82. The third-order valence-corrected chi connectivity index (χ3v) is 10.0. The van der Waals surface area contributed by atoms with Crippen molar-refractivity contribution >= 4 is 33.6 Å². The molecule has 5 nitrogen and oxygen atoms in total. The van der Waals surface area contributed by atoms with Crippen molar-refractivity contribution < 1.29 is 0 Å². The summed E-state index contributed by atoms with van der Waals surface area (Å²) < 4.78 is 2.28. The van der Waals surface area contributed by atoms with Gasteiger partial charge in [0.2, 0.25) is 0 Å². The van der Waals surface area contributed by atoms with Crippen molar-refractivity contribution in [2.45, 2.75) is 15.2 Å². The maximum absolute atomic E-state index is 9.70. The van der Waals surface area contributed by atoms with Crippen LogP contribution in [0.15, 0.2) is 125 Å². The summed E-state index contributed by atoms with van der Waals surface area (Å²) in [7, 11) is 0. The smallest absolute Gasteiger partial charge is 0.0991 e. The van der Waals surface area contributed by atoms with E-state index in [1.807, 2.05) is 60.9 Å². The predicted octanol–water partition coefficient (Wildman–Crippen LogP) is 8.14. The van der Waals surface area contributed by atoms with Crippen LogP contribution in [0.1, 0.15) is 33.4 Å². The van der Waals surface area contributed by atoms with Crippen LogP contribution in [-0.2, 0) is 5.41 Å². The zero-order valence-electron chi connectivity index (χ0n) is 22.6. The minimum atomic E-state index is -0.582. The van der Waals surface area contributed by atoms with Crippen molar-refractivity contribution in [1.29, 1.82) is 10.5 Å². The number of hydrogen-bond acceptors (Lipinski definition) is 5. The minimum Gasteiger partial charge on any atom is -0.308 e. The first-order valence-electron chi connectivity index (χ1n) is 13.9. The average Bonchev–Trinajstić information content (AvgIpc) is 3.55. The zero-order chi connectivity index (χ0) is 28.7. The van der Waals surface area contributed by atoms with Gasteiger partial charge in [-0.15, -0.1) is 0 Å². The number of fused-ring (bicyclic) bond motifs is 12. The molecule has 0 amide bonds. The number of hydrogen-bond donors (Lipinski definition) is 0. The first-order chi connectivity index (χ1) is 21.2. The molecule has 0 atom stereocenters. The Labute approximate surface area is 251 Å². The molecule has 4 aromatic carbocycles. The molecule has 1 aliphatic heterocycles. The molecule has 7 aromatic rings. The quantitative estimate of drug-likeness (QED) is 0.201. The summed E-state index contributed by atoms with van der Waals surface area (Å²) >= 11 is 1.78. The second-order valence-corrected chi connectivity index (χ2v) is 11.9. The Morgan fingerprint density at radius 1 is 0.605 bits per heavy atom. The Morgan fingerprint density at radius 2 is 1.19 bits per heavy atom. The van der Waals surface area contributed by atoms with Crippen LogP contribution in [0.3, 0.4) is 0 Å². The molecular formula is C37H19N5S. The molecule has 2 aliphatic rings. The van der Waals surface area contributed by atoms with E-state index in [-0.39, 0.29) is 0 Å². The van der Waals surface area contributed by atoms with Gasteiger partial charge in [-0.1, -0.05) is 54.2 Å². The molecule has 6 heteroatoms. The van der Waals surface area contributed by atoms with Gasteiger partial charge in [-0.2, -0.15) is 10.5 Å². The topological polar surface area (TPSA) is 78.3 Å². The predicted molar refractivity (Wildman–Crippen MR) is 167 cm³/mol. The first kappa shape index (κ1) is 24.0. The number of pyridine rings is 2. The van der Waals surface area contributed by atoms with Gasteiger partial charge < -0.3 is 4.57 Å².